The zero-order chi connectivity index (χ0) is 17.3. The maximum Gasteiger partial charge on any atom is 0.108 e. The SMILES string of the molecule is Cc1cc2c(cc1C)NC(=NCc1ccccc1)C1(CCSCC1)C2. The average molecular weight is 351 g/mol. The zero-order valence-electron chi connectivity index (χ0n) is 15.1. The van der Waals surface area contributed by atoms with Gasteiger partial charge in [-0.25, -0.2) is 0 Å². The number of aliphatic imine (C=N–C) groups is 1. The van der Waals surface area contributed by atoms with Gasteiger partial charge in [0.2, 0.25) is 0 Å². The van der Waals surface area contributed by atoms with Crippen molar-refractivity contribution in [2.45, 2.75) is 39.7 Å². The highest BCUT2D eigenvalue weighted by atomic mass is 32.2. The summed E-state index contributed by atoms with van der Waals surface area (Å²) in [5.41, 5.74) is 6.96. The van der Waals surface area contributed by atoms with Crippen molar-refractivity contribution in [3.8, 4) is 0 Å². The highest BCUT2D eigenvalue weighted by molar-refractivity contribution is 7.99. The maximum absolute atomic E-state index is 5.08. The number of benzene rings is 2. The summed E-state index contributed by atoms with van der Waals surface area (Å²) in [6.07, 6.45) is 3.58. The van der Waals surface area contributed by atoms with Gasteiger partial charge in [0, 0.05) is 11.1 Å². The van der Waals surface area contributed by atoms with Crippen molar-refractivity contribution in [3.05, 3.63) is 64.7 Å². The Morgan fingerprint density at radius 2 is 1.76 bits per heavy atom. The van der Waals surface area contributed by atoms with Crippen LogP contribution in [0.4, 0.5) is 5.69 Å². The predicted molar refractivity (Wildman–Crippen MR) is 110 cm³/mol. The van der Waals surface area contributed by atoms with E-state index in [0.29, 0.717) is 0 Å². The molecule has 2 heterocycles. The van der Waals surface area contributed by atoms with Crippen molar-refractivity contribution in [3.63, 3.8) is 0 Å². The third kappa shape index (κ3) is 3.35. The second-order valence-electron chi connectivity index (χ2n) is 7.44. The molecule has 1 fully saturated rings. The Balaban J connectivity index is 1.70. The molecule has 0 amide bonds. The molecular weight excluding hydrogens is 324 g/mol. The Labute approximate surface area is 155 Å². The summed E-state index contributed by atoms with van der Waals surface area (Å²) in [5.74, 6) is 3.70. The first kappa shape index (κ1) is 16.7. The summed E-state index contributed by atoms with van der Waals surface area (Å²) in [5, 5.41) is 3.74. The fourth-order valence-electron chi connectivity index (χ4n) is 3.98. The van der Waals surface area contributed by atoms with Crippen LogP contribution in [0, 0.1) is 19.3 Å². The molecule has 2 aliphatic rings. The number of rotatable bonds is 2. The lowest BCUT2D eigenvalue weighted by Crippen LogP contribution is -2.44. The van der Waals surface area contributed by atoms with Crippen LogP contribution >= 0.6 is 11.8 Å². The Morgan fingerprint density at radius 3 is 2.52 bits per heavy atom. The molecule has 0 saturated carbocycles. The number of nitrogens with one attached hydrogen (secondary N) is 1. The summed E-state index contributed by atoms with van der Waals surface area (Å²) >= 11 is 2.08. The number of fused-ring (bicyclic) bond motifs is 1. The first-order valence-corrected chi connectivity index (χ1v) is 10.4. The van der Waals surface area contributed by atoms with Gasteiger partial charge in [-0.15, -0.1) is 0 Å². The van der Waals surface area contributed by atoms with Crippen LogP contribution in [0.15, 0.2) is 47.5 Å². The summed E-state index contributed by atoms with van der Waals surface area (Å²) < 4.78 is 0. The van der Waals surface area contributed by atoms with E-state index in [2.05, 4.69) is 73.4 Å². The normalized spacial score (nSPS) is 20.3. The van der Waals surface area contributed by atoms with Gasteiger partial charge in [-0.1, -0.05) is 36.4 Å². The van der Waals surface area contributed by atoms with E-state index in [9.17, 15) is 0 Å². The molecule has 0 atom stereocenters. The quantitative estimate of drug-likeness (QED) is 0.786. The highest BCUT2D eigenvalue weighted by Gasteiger charge is 2.41. The van der Waals surface area contributed by atoms with E-state index in [4.69, 9.17) is 4.99 Å². The number of amidine groups is 1. The van der Waals surface area contributed by atoms with Gasteiger partial charge >= 0.3 is 0 Å². The van der Waals surface area contributed by atoms with E-state index in [-0.39, 0.29) is 5.41 Å². The molecule has 1 saturated heterocycles. The number of aryl methyl sites for hydroxylation is 2. The van der Waals surface area contributed by atoms with Gasteiger partial charge in [-0.05, 0) is 72.9 Å². The smallest absolute Gasteiger partial charge is 0.108 e. The summed E-state index contributed by atoms with van der Waals surface area (Å²) in [6, 6.07) is 15.3. The molecular formula is C22H26N2S. The summed E-state index contributed by atoms with van der Waals surface area (Å²) in [7, 11) is 0. The maximum atomic E-state index is 5.08. The summed E-state index contributed by atoms with van der Waals surface area (Å²) in [4.78, 5) is 5.08. The van der Waals surface area contributed by atoms with Crippen LogP contribution < -0.4 is 5.32 Å². The Morgan fingerprint density at radius 1 is 1.04 bits per heavy atom. The molecule has 2 aromatic rings. The van der Waals surface area contributed by atoms with Crippen molar-refractivity contribution < 1.29 is 0 Å². The minimum Gasteiger partial charge on any atom is -0.343 e. The van der Waals surface area contributed by atoms with Crippen molar-refractivity contribution in [2.24, 2.45) is 10.4 Å². The fourth-order valence-corrected chi connectivity index (χ4v) is 5.26. The lowest BCUT2D eigenvalue weighted by molar-refractivity contribution is 0.377. The zero-order valence-corrected chi connectivity index (χ0v) is 16.0. The van der Waals surface area contributed by atoms with Gasteiger partial charge < -0.3 is 5.32 Å². The number of nitrogens with zero attached hydrogens (tertiary/aromatic N) is 1. The molecule has 0 aliphatic carbocycles. The molecule has 0 aromatic heterocycles. The minimum absolute atomic E-state index is 0.203. The monoisotopic (exact) mass is 350 g/mol. The van der Waals surface area contributed by atoms with E-state index in [0.717, 1.165) is 13.0 Å². The molecule has 1 N–H and O–H groups in total. The minimum atomic E-state index is 0.203. The van der Waals surface area contributed by atoms with Crippen molar-refractivity contribution in [1.29, 1.82) is 0 Å². The van der Waals surface area contributed by atoms with Gasteiger partial charge in [0.05, 0.1) is 6.54 Å². The van der Waals surface area contributed by atoms with Crippen LogP contribution in [0.25, 0.3) is 0 Å². The predicted octanol–water partition coefficient (Wildman–Crippen LogP) is 5.38. The van der Waals surface area contributed by atoms with Crippen molar-refractivity contribution >= 4 is 23.3 Å². The topological polar surface area (TPSA) is 24.4 Å². The van der Waals surface area contributed by atoms with E-state index >= 15 is 0 Å². The van der Waals surface area contributed by atoms with E-state index in [1.54, 1.807) is 0 Å². The molecule has 2 nitrogen and oxygen atoms in total. The number of hydrogen-bond acceptors (Lipinski definition) is 2. The van der Waals surface area contributed by atoms with Crippen LogP contribution in [0.5, 0.6) is 0 Å². The molecule has 2 aromatic carbocycles. The lowest BCUT2D eigenvalue weighted by Gasteiger charge is -2.42. The van der Waals surface area contributed by atoms with E-state index < -0.39 is 0 Å². The molecule has 1 spiro atoms. The number of anilines is 1. The summed E-state index contributed by atoms with van der Waals surface area (Å²) in [6.45, 7) is 5.18. The van der Waals surface area contributed by atoms with Crippen LogP contribution in [0.2, 0.25) is 0 Å². The van der Waals surface area contributed by atoms with Crippen LogP contribution in [-0.4, -0.2) is 17.3 Å². The van der Waals surface area contributed by atoms with Gasteiger partial charge in [0.1, 0.15) is 5.84 Å². The molecule has 25 heavy (non-hydrogen) atoms. The lowest BCUT2D eigenvalue weighted by atomic mass is 9.72. The molecule has 4 rings (SSSR count). The number of hydrogen-bond donors (Lipinski definition) is 1. The molecule has 130 valence electrons. The Hall–Kier alpha value is -1.74. The van der Waals surface area contributed by atoms with Gasteiger partial charge in [0.25, 0.3) is 0 Å². The third-order valence-electron chi connectivity index (χ3n) is 5.72. The van der Waals surface area contributed by atoms with Crippen molar-refractivity contribution in [1.82, 2.24) is 0 Å². The average Bonchev–Trinajstić information content (AvgIpc) is 2.63. The van der Waals surface area contributed by atoms with Crippen LogP contribution in [0.3, 0.4) is 0 Å². The second-order valence-corrected chi connectivity index (χ2v) is 8.66. The number of thioether (sulfide) groups is 1. The van der Waals surface area contributed by atoms with Crippen LogP contribution in [-0.2, 0) is 13.0 Å². The third-order valence-corrected chi connectivity index (χ3v) is 6.70. The van der Waals surface area contributed by atoms with E-state index in [1.807, 2.05) is 0 Å². The molecule has 3 heteroatoms. The van der Waals surface area contributed by atoms with Gasteiger partial charge in [0.15, 0.2) is 0 Å². The molecule has 0 bridgehead atoms. The molecule has 2 aliphatic heterocycles. The van der Waals surface area contributed by atoms with Crippen molar-refractivity contribution in [2.75, 3.05) is 16.8 Å². The van der Waals surface area contributed by atoms with E-state index in [1.165, 1.54) is 58.1 Å². The molecule has 0 radical (unpaired) electrons. The van der Waals surface area contributed by atoms with Crippen LogP contribution in [0.1, 0.15) is 35.1 Å². The largest absolute Gasteiger partial charge is 0.343 e. The molecule has 0 unspecified atom stereocenters. The standard InChI is InChI=1S/C22H26N2S/c1-16-12-19-14-22(8-10-25-11-9-22)21(24-20(19)13-17(16)2)23-15-18-6-4-3-5-7-18/h3-7,12-13H,8-11,14-15H2,1-2H3,(H,23,24). The first-order valence-electron chi connectivity index (χ1n) is 9.20. The van der Waals surface area contributed by atoms with Gasteiger partial charge in [-0.2, -0.15) is 11.8 Å². The second kappa shape index (κ2) is 6.87. The first-order chi connectivity index (χ1) is 12.2. The highest BCUT2D eigenvalue weighted by Crippen LogP contribution is 2.44. The van der Waals surface area contributed by atoms with Gasteiger partial charge in [-0.3, -0.25) is 4.99 Å². The fraction of sp³-hybridized carbons (Fsp3) is 0.409. The Kier molecular flexibility index (Phi) is 4.60. The Bertz CT molecular complexity index is 789.